The first kappa shape index (κ1) is 18.3. The third-order valence-electron chi connectivity index (χ3n) is 4.20. The minimum atomic E-state index is -0.147. The highest BCUT2D eigenvalue weighted by Crippen LogP contribution is 2.24. The van der Waals surface area contributed by atoms with E-state index in [1.54, 1.807) is 6.20 Å². The first-order chi connectivity index (χ1) is 12.7. The minimum absolute atomic E-state index is 0.0534. The van der Waals surface area contributed by atoms with Gasteiger partial charge >= 0.3 is 0 Å². The third-order valence-corrected chi connectivity index (χ3v) is 4.73. The van der Waals surface area contributed by atoms with E-state index < -0.39 is 0 Å². The molecule has 1 amide bonds. The predicted octanol–water partition coefficient (Wildman–Crippen LogP) is 5.07. The zero-order valence-electron chi connectivity index (χ0n) is 14.4. The molecule has 1 aromatic heterocycles. The quantitative estimate of drug-likeness (QED) is 0.592. The van der Waals surface area contributed by atoms with Gasteiger partial charge in [-0.1, -0.05) is 64.5 Å². The van der Waals surface area contributed by atoms with Crippen LogP contribution in [0.4, 0.5) is 0 Å². The fraction of sp³-hybridized carbons (Fsp3) is 0.182. The van der Waals surface area contributed by atoms with Crippen LogP contribution >= 0.6 is 15.9 Å². The van der Waals surface area contributed by atoms with Gasteiger partial charge in [0.05, 0.1) is 6.04 Å². The number of nitrogens with zero attached hydrogens (tertiary/aromatic N) is 1. The first-order valence-corrected chi connectivity index (χ1v) is 9.51. The maximum Gasteiger partial charge on any atom is 0.220 e. The first-order valence-electron chi connectivity index (χ1n) is 8.72. The van der Waals surface area contributed by atoms with Gasteiger partial charge in [-0.15, -0.1) is 0 Å². The molecule has 132 valence electrons. The van der Waals surface area contributed by atoms with Crippen LogP contribution < -0.4 is 5.32 Å². The summed E-state index contributed by atoms with van der Waals surface area (Å²) in [5, 5.41) is 3.18. The molecule has 2 aromatic carbocycles. The average Bonchev–Trinajstić information content (AvgIpc) is 2.68. The van der Waals surface area contributed by atoms with Crippen LogP contribution in [0.2, 0.25) is 0 Å². The van der Waals surface area contributed by atoms with Crippen molar-refractivity contribution in [2.75, 3.05) is 0 Å². The Balaban J connectivity index is 1.65. The maximum absolute atomic E-state index is 12.5. The number of halogens is 1. The molecule has 3 rings (SSSR count). The standard InChI is InChI=1S/C22H21BrN2O/c23-19-14-12-18(13-15-19)22(17-7-2-1-3-8-17)25-21(26)11-6-10-20-9-4-5-16-24-20/h1-5,7-9,12-16,22H,6,10-11H2,(H,25,26). The number of pyridine rings is 1. The smallest absolute Gasteiger partial charge is 0.220 e. The second-order valence-corrected chi connectivity index (χ2v) is 7.05. The molecule has 1 heterocycles. The normalized spacial score (nSPS) is 11.7. The highest BCUT2D eigenvalue weighted by Gasteiger charge is 2.16. The van der Waals surface area contributed by atoms with Gasteiger partial charge in [-0.05, 0) is 48.2 Å². The third kappa shape index (κ3) is 5.27. The number of nitrogens with one attached hydrogen (secondary N) is 1. The SMILES string of the molecule is O=C(CCCc1ccccn1)NC(c1ccccc1)c1ccc(Br)cc1. The van der Waals surface area contributed by atoms with Gasteiger partial charge in [0.25, 0.3) is 0 Å². The van der Waals surface area contributed by atoms with Crippen molar-refractivity contribution in [3.63, 3.8) is 0 Å². The zero-order chi connectivity index (χ0) is 18.2. The molecule has 0 bridgehead atoms. The Hall–Kier alpha value is -2.46. The Morgan fingerprint density at radius 2 is 1.62 bits per heavy atom. The molecule has 0 aliphatic heterocycles. The molecule has 0 aliphatic rings. The molecule has 26 heavy (non-hydrogen) atoms. The number of benzene rings is 2. The molecule has 4 heteroatoms. The van der Waals surface area contributed by atoms with E-state index in [1.165, 1.54) is 0 Å². The van der Waals surface area contributed by atoms with E-state index in [2.05, 4.69) is 26.2 Å². The summed E-state index contributed by atoms with van der Waals surface area (Å²) in [4.78, 5) is 16.8. The Labute approximate surface area is 162 Å². The van der Waals surface area contributed by atoms with E-state index in [9.17, 15) is 4.79 Å². The average molecular weight is 409 g/mol. The number of aryl methyl sites for hydroxylation is 1. The van der Waals surface area contributed by atoms with Crippen molar-refractivity contribution in [2.24, 2.45) is 0 Å². The van der Waals surface area contributed by atoms with Crippen LogP contribution in [-0.4, -0.2) is 10.9 Å². The van der Waals surface area contributed by atoms with Gasteiger partial charge in [-0.25, -0.2) is 0 Å². The molecule has 1 unspecified atom stereocenters. The van der Waals surface area contributed by atoms with E-state index in [1.807, 2.05) is 72.8 Å². The lowest BCUT2D eigenvalue weighted by molar-refractivity contribution is -0.121. The number of aromatic nitrogens is 1. The van der Waals surface area contributed by atoms with Gasteiger partial charge in [0.1, 0.15) is 0 Å². The highest BCUT2D eigenvalue weighted by atomic mass is 79.9. The molecule has 3 aromatic rings. The van der Waals surface area contributed by atoms with Crippen LogP contribution in [0.1, 0.15) is 35.7 Å². The molecule has 0 radical (unpaired) electrons. The fourth-order valence-corrected chi connectivity index (χ4v) is 3.13. The Morgan fingerprint density at radius 3 is 2.31 bits per heavy atom. The summed E-state index contributed by atoms with van der Waals surface area (Å²) in [5.74, 6) is 0.0534. The van der Waals surface area contributed by atoms with E-state index in [-0.39, 0.29) is 11.9 Å². The Morgan fingerprint density at radius 1 is 0.923 bits per heavy atom. The van der Waals surface area contributed by atoms with Crippen molar-refractivity contribution in [1.29, 1.82) is 0 Å². The molecule has 0 spiro atoms. The minimum Gasteiger partial charge on any atom is -0.345 e. The van der Waals surface area contributed by atoms with E-state index in [4.69, 9.17) is 0 Å². The van der Waals surface area contributed by atoms with Crippen LogP contribution in [0.5, 0.6) is 0 Å². The maximum atomic E-state index is 12.5. The van der Waals surface area contributed by atoms with Gasteiger partial charge in [0.15, 0.2) is 0 Å². The van der Waals surface area contributed by atoms with Crippen LogP contribution in [0, 0.1) is 0 Å². The summed E-state index contributed by atoms with van der Waals surface area (Å²) >= 11 is 3.46. The molecular weight excluding hydrogens is 388 g/mol. The lowest BCUT2D eigenvalue weighted by atomic mass is 9.98. The summed E-state index contributed by atoms with van der Waals surface area (Å²) in [6.07, 6.45) is 3.86. The Kier molecular flexibility index (Phi) is 6.56. The van der Waals surface area contributed by atoms with E-state index in [0.717, 1.165) is 34.1 Å². The van der Waals surface area contributed by atoms with Crippen molar-refractivity contribution < 1.29 is 4.79 Å². The van der Waals surface area contributed by atoms with Crippen molar-refractivity contribution in [1.82, 2.24) is 10.3 Å². The second kappa shape index (κ2) is 9.30. The number of amides is 1. The van der Waals surface area contributed by atoms with Gasteiger partial charge < -0.3 is 5.32 Å². The van der Waals surface area contributed by atoms with E-state index in [0.29, 0.717) is 6.42 Å². The van der Waals surface area contributed by atoms with Crippen molar-refractivity contribution >= 4 is 21.8 Å². The molecule has 0 saturated heterocycles. The summed E-state index contributed by atoms with van der Waals surface area (Å²) in [7, 11) is 0. The van der Waals surface area contributed by atoms with E-state index >= 15 is 0 Å². The number of carbonyl (C=O) groups is 1. The topological polar surface area (TPSA) is 42.0 Å². The van der Waals surface area contributed by atoms with Gasteiger partial charge in [-0.3, -0.25) is 9.78 Å². The van der Waals surface area contributed by atoms with Crippen molar-refractivity contribution in [3.05, 3.63) is 100 Å². The van der Waals surface area contributed by atoms with Gasteiger partial charge in [-0.2, -0.15) is 0 Å². The molecule has 1 N–H and O–H groups in total. The lowest BCUT2D eigenvalue weighted by Crippen LogP contribution is -2.29. The van der Waals surface area contributed by atoms with Crippen molar-refractivity contribution in [3.8, 4) is 0 Å². The molecule has 0 fully saturated rings. The summed E-state index contributed by atoms with van der Waals surface area (Å²) < 4.78 is 1.02. The molecule has 0 aliphatic carbocycles. The summed E-state index contributed by atoms with van der Waals surface area (Å²) in [5.41, 5.74) is 3.16. The van der Waals surface area contributed by atoms with Gasteiger partial charge in [0.2, 0.25) is 5.91 Å². The fourth-order valence-electron chi connectivity index (χ4n) is 2.87. The zero-order valence-corrected chi connectivity index (χ0v) is 16.0. The summed E-state index contributed by atoms with van der Waals surface area (Å²) in [6, 6.07) is 23.9. The van der Waals surface area contributed by atoms with Crippen LogP contribution in [0.25, 0.3) is 0 Å². The van der Waals surface area contributed by atoms with Crippen LogP contribution in [0.3, 0.4) is 0 Å². The number of hydrogen-bond donors (Lipinski definition) is 1. The molecule has 3 nitrogen and oxygen atoms in total. The monoisotopic (exact) mass is 408 g/mol. The van der Waals surface area contributed by atoms with Crippen molar-refractivity contribution in [2.45, 2.75) is 25.3 Å². The molecular formula is C22H21BrN2O. The highest BCUT2D eigenvalue weighted by molar-refractivity contribution is 9.10. The molecule has 0 saturated carbocycles. The van der Waals surface area contributed by atoms with Crippen LogP contribution in [0.15, 0.2) is 83.5 Å². The van der Waals surface area contributed by atoms with Gasteiger partial charge in [0, 0.05) is 22.8 Å². The lowest BCUT2D eigenvalue weighted by Gasteiger charge is -2.20. The number of carbonyl (C=O) groups excluding carboxylic acids is 1. The number of rotatable bonds is 7. The summed E-state index contributed by atoms with van der Waals surface area (Å²) in [6.45, 7) is 0. The Bertz CT molecular complexity index is 820. The number of hydrogen-bond acceptors (Lipinski definition) is 2. The molecule has 1 atom stereocenters. The predicted molar refractivity (Wildman–Crippen MR) is 108 cm³/mol. The second-order valence-electron chi connectivity index (χ2n) is 6.14. The van der Waals surface area contributed by atoms with Crippen LogP contribution in [-0.2, 0) is 11.2 Å². The largest absolute Gasteiger partial charge is 0.345 e.